The number of carbonyl (C=O) groups excluding carboxylic acids is 1. The monoisotopic (exact) mass is 376 g/mol. The van der Waals surface area contributed by atoms with Crippen molar-refractivity contribution in [3.8, 4) is 0 Å². The van der Waals surface area contributed by atoms with Crippen molar-refractivity contribution >= 4 is 34.2 Å². The van der Waals surface area contributed by atoms with Crippen LogP contribution in [0.4, 0.5) is 0 Å². The van der Waals surface area contributed by atoms with Crippen molar-refractivity contribution in [1.29, 1.82) is 0 Å². The molecule has 136 valence electrons. The molecule has 0 saturated carbocycles. The number of aryl methyl sites for hydroxylation is 1. The van der Waals surface area contributed by atoms with Gasteiger partial charge >= 0.3 is 0 Å². The highest BCUT2D eigenvalue weighted by Crippen LogP contribution is 2.25. The number of hydrogen-bond acceptors (Lipinski definition) is 4. The summed E-state index contributed by atoms with van der Waals surface area (Å²) < 4.78 is 2.01. The number of nitrogens with zero attached hydrogens (tertiary/aromatic N) is 3. The Balaban J connectivity index is 1.52. The number of carbonyl (C=O) groups is 1. The Morgan fingerprint density at radius 3 is 2.67 bits per heavy atom. The smallest absolute Gasteiger partial charge is 0.230 e. The number of rotatable bonds is 5. The third kappa shape index (κ3) is 3.53. The van der Waals surface area contributed by atoms with Crippen molar-refractivity contribution in [2.75, 3.05) is 5.75 Å². The SMILES string of the molecule is Cc1cc2nnc(SCC(=O)NC(C)c3ccccc3)n2c2ccccc12. The highest BCUT2D eigenvalue weighted by molar-refractivity contribution is 7.99. The van der Waals surface area contributed by atoms with E-state index in [1.807, 2.05) is 59.9 Å². The largest absolute Gasteiger partial charge is 0.349 e. The van der Waals surface area contributed by atoms with Gasteiger partial charge in [-0.25, -0.2) is 0 Å². The van der Waals surface area contributed by atoms with Crippen LogP contribution in [0.5, 0.6) is 0 Å². The Bertz CT molecular complexity index is 1110. The lowest BCUT2D eigenvalue weighted by molar-refractivity contribution is -0.119. The van der Waals surface area contributed by atoms with E-state index in [-0.39, 0.29) is 11.9 Å². The lowest BCUT2D eigenvalue weighted by Crippen LogP contribution is -2.28. The fourth-order valence-electron chi connectivity index (χ4n) is 3.21. The zero-order valence-corrected chi connectivity index (χ0v) is 16.0. The molecule has 4 aromatic rings. The van der Waals surface area contributed by atoms with Gasteiger partial charge in [-0.3, -0.25) is 9.20 Å². The standard InChI is InChI=1S/C21H20N4OS/c1-14-12-19-23-24-21(25(19)18-11-7-6-10-17(14)18)27-13-20(26)22-15(2)16-8-4-3-5-9-16/h3-12,15H,13H2,1-2H3,(H,22,26). The topological polar surface area (TPSA) is 59.3 Å². The summed E-state index contributed by atoms with van der Waals surface area (Å²) in [7, 11) is 0. The summed E-state index contributed by atoms with van der Waals surface area (Å²) in [5.41, 5.74) is 4.10. The number of benzene rings is 2. The molecule has 0 saturated heterocycles. The molecular formula is C21H20N4OS. The van der Waals surface area contributed by atoms with Gasteiger partial charge in [0, 0.05) is 5.39 Å². The Hall–Kier alpha value is -2.86. The number of amides is 1. The average Bonchev–Trinajstić information content (AvgIpc) is 3.10. The van der Waals surface area contributed by atoms with Crippen LogP contribution in [0.25, 0.3) is 16.6 Å². The van der Waals surface area contributed by atoms with Crippen molar-refractivity contribution in [2.24, 2.45) is 0 Å². The summed E-state index contributed by atoms with van der Waals surface area (Å²) in [4.78, 5) is 12.4. The van der Waals surface area contributed by atoms with Crippen molar-refractivity contribution in [1.82, 2.24) is 19.9 Å². The maximum absolute atomic E-state index is 12.4. The summed E-state index contributed by atoms with van der Waals surface area (Å²) in [5.74, 6) is 0.268. The van der Waals surface area contributed by atoms with Crippen molar-refractivity contribution in [3.63, 3.8) is 0 Å². The van der Waals surface area contributed by atoms with Gasteiger partial charge in [0.15, 0.2) is 10.8 Å². The normalized spacial score (nSPS) is 12.4. The van der Waals surface area contributed by atoms with Crippen LogP contribution in [0.1, 0.15) is 24.1 Å². The first kappa shape index (κ1) is 17.5. The van der Waals surface area contributed by atoms with Crippen LogP contribution in [0, 0.1) is 6.92 Å². The summed E-state index contributed by atoms with van der Waals surface area (Å²) in [6.07, 6.45) is 0. The second-order valence-corrected chi connectivity index (χ2v) is 7.45. The number of pyridine rings is 1. The highest BCUT2D eigenvalue weighted by atomic mass is 32.2. The van der Waals surface area contributed by atoms with Gasteiger partial charge in [-0.1, -0.05) is 60.3 Å². The fraction of sp³-hybridized carbons (Fsp3) is 0.190. The molecule has 27 heavy (non-hydrogen) atoms. The molecule has 1 unspecified atom stereocenters. The molecule has 0 aliphatic carbocycles. The van der Waals surface area contributed by atoms with E-state index >= 15 is 0 Å². The Labute approximate surface area is 161 Å². The van der Waals surface area contributed by atoms with Gasteiger partial charge in [0.2, 0.25) is 5.91 Å². The summed E-state index contributed by atoms with van der Waals surface area (Å²) in [6.45, 7) is 4.06. The first-order valence-corrected chi connectivity index (χ1v) is 9.82. The molecule has 2 aromatic carbocycles. The van der Waals surface area contributed by atoms with Crippen molar-refractivity contribution in [3.05, 3.63) is 71.8 Å². The maximum atomic E-state index is 12.4. The molecule has 0 spiro atoms. The van der Waals surface area contributed by atoms with Crippen LogP contribution in [-0.4, -0.2) is 26.3 Å². The van der Waals surface area contributed by atoms with E-state index in [2.05, 4.69) is 34.6 Å². The molecule has 4 rings (SSSR count). The van der Waals surface area contributed by atoms with E-state index in [9.17, 15) is 4.79 Å². The molecule has 1 N–H and O–H groups in total. The third-order valence-electron chi connectivity index (χ3n) is 4.58. The van der Waals surface area contributed by atoms with Crippen LogP contribution in [-0.2, 0) is 4.79 Å². The molecule has 0 fully saturated rings. The van der Waals surface area contributed by atoms with Crippen molar-refractivity contribution < 1.29 is 4.79 Å². The third-order valence-corrected chi connectivity index (χ3v) is 5.51. The van der Waals surface area contributed by atoms with E-state index in [4.69, 9.17) is 0 Å². The van der Waals surface area contributed by atoms with Gasteiger partial charge in [0.25, 0.3) is 0 Å². The summed E-state index contributed by atoms with van der Waals surface area (Å²) >= 11 is 1.40. The second kappa shape index (κ2) is 7.40. The predicted octanol–water partition coefficient (Wildman–Crippen LogP) is 4.16. The molecule has 6 heteroatoms. The Kier molecular flexibility index (Phi) is 4.81. The van der Waals surface area contributed by atoms with Gasteiger partial charge in [-0.05, 0) is 37.1 Å². The first-order valence-electron chi connectivity index (χ1n) is 8.84. The van der Waals surface area contributed by atoms with Gasteiger partial charge in [0.05, 0.1) is 17.3 Å². The van der Waals surface area contributed by atoms with Crippen LogP contribution in [0.15, 0.2) is 65.8 Å². The average molecular weight is 376 g/mol. The molecule has 5 nitrogen and oxygen atoms in total. The van der Waals surface area contributed by atoms with E-state index in [0.29, 0.717) is 5.75 Å². The highest BCUT2D eigenvalue weighted by Gasteiger charge is 2.14. The molecule has 1 atom stereocenters. The van der Waals surface area contributed by atoms with E-state index in [0.717, 1.165) is 32.8 Å². The Morgan fingerprint density at radius 1 is 1.11 bits per heavy atom. The van der Waals surface area contributed by atoms with Gasteiger partial charge in [-0.15, -0.1) is 10.2 Å². The molecule has 2 heterocycles. The van der Waals surface area contributed by atoms with Crippen LogP contribution in [0.2, 0.25) is 0 Å². The molecule has 0 aliphatic heterocycles. The predicted molar refractivity (Wildman–Crippen MR) is 109 cm³/mol. The quantitative estimate of drug-likeness (QED) is 0.531. The van der Waals surface area contributed by atoms with Gasteiger partial charge in [-0.2, -0.15) is 0 Å². The second-order valence-electron chi connectivity index (χ2n) is 6.51. The van der Waals surface area contributed by atoms with E-state index < -0.39 is 0 Å². The molecule has 0 aliphatic rings. The first-order chi connectivity index (χ1) is 13.1. The Morgan fingerprint density at radius 2 is 1.85 bits per heavy atom. The molecular weight excluding hydrogens is 356 g/mol. The van der Waals surface area contributed by atoms with Gasteiger partial charge < -0.3 is 5.32 Å². The molecule has 2 aromatic heterocycles. The zero-order valence-electron chi connectivity index (χ0n) is 15.2. The number of hydrogen-bond donors (Lipinski definition) is 1. The number of thioether (sulfide) groups is 1. The number of nitrogens with one attached hydrogen (secondary N) is 1. The number of aromatic nitrogens is 3. The minimum absolute atomic E-state index is 0.0236. The fourth-order valence-corrected chi connectivity index (χ4v) is 3.97. The number of para-hydroxylation sites is 1. The molecule has 1 amide bonds. The molecule has 0 bridgehead atoms. The van der Waals surface area contributed by atoms with Crippen LogP contribution >= 0.6 is 11.8 Å². The van der Waals surface area contributed by atoms with Crippen LogP contribution < -0.4 is 5.32 Å². The summed E-state index contributed by atoms with van der Waals surface area (Å²) in [6, 6.07) is 20.1. The molecule has 0 radical (unpaired) electrons. The lowest BCUT2D eigenvalue weighted by atomic mass is 10.1. The van der Waals surface area contributed by atoms with Crippen LogP contribution in [0.3, 0.4) is 0 Å². The minimum atomic E-state index is -0.0297. The van der Waals surface area contributed by atoms with Crippen molar-refractivity contribution in [2.45, 2.75) is 25.0 Å². The zero-order chi connectivity index (χ0) is 18.8. The van der Waals surface area contributed by atoms with Gasteiger partial charge in [0.1, 0.15) is 0 Å². The minimum Gasteiger partial charge on any atom is -0.349 e. The summed E-state index contributed by atoms with van der Waals surface area (Å²) in [5, 5.41) is 13.5. The van der Waals surface area contributed by atoms with E-state index in [1.165, 1.54) is 11.8 Å². The number of fused-ring (bicyclic) bond motifs is 3. The lowest BCUT2D eigenvalue weighted by Gasteiger charge is -2.14. The maximum Gasteiger partial charge on any atom is 0.230 e. The van der Waals surface area contributed by atoms with E-state index in [1.54, 1.807) is 0 Å².